The number of sulfonamides is 1. The maximum atomic E-state index is 13.1. The van der Waals surface area contributed by atoms with Crippen molar-refractivity contribution in [2.24, 2.45) is 0 Å². The van der Waals surface area contributed by atoms with Gasteiger partial charge in [-0.1, -0.05) is 42.0 Å². The van der Waals surface area contributed by atoms with Crippen molar-refractivity contribution in [3.05, 3.63) is 90.0 Å². The first kappa shape index (κ1) is 23.0. The van der Waals surface area contributed by atoms with Crippen molar-refractivity contribution in [3.63, 3.8) is 0 Å². The van der Waals surface area contributed by atoms with Gasteiger partial charge in [-0.25, -0.2) is 8.42 Å². The summed E-state index contributed by atoms with van der Waals surface area (Å²) in [6.07, 6.45) is 0. The summed E-state index contributed by atoms with van der Waals surface area (Å²) < 4.78 is 27.3. The summed E-state index contributed by atoms with van der Waals surface area (Å²) in [6, 6.07) is 21.8. The normalized spacial score (nSPS) is 11.0. The van der Waals surface area contributed by atoms with E-state index in [1.807, 2.05) is 25.1 Å². The van der Waals surface area contributed by atoms with Crippen LogP contribution in [0.3, 0.4) is 0 Å². The molecule has 0 atom stereocenters. The Bertz CT molecular complexity index is 1210. The highest BCUT2D eigenvalue weighted by Gasteiger charge is 2.23. The van der Waals surface area contributed by atoms with Crippen LogP contribution >= 0.6 is 0 Å². The predicted molar refractivity (Wildman–Crippen MR) is 125 cm³/mol. The van der Waals surface area contributed by atoms with E-state index in [9.17, 15) is 18.0 Å². The van der Waals surface area contributed by atoms with Crippen LogP contribution in [0.15, 0.2) is 83.8 Å². The van der Waals surface area contributed by atoms with Gasteiger partial charge in [0.05, 0.1) is 17.1 Å². The second-order valence-electron chi connectivity index (χ2n) is 7.41. The van der Waals surface area contributed by atoms with Gasteiger partial charge in [-0.2, -0.15) is 0 Å². The van der Waals surface area contributed by atoms with Crippen LogP contribution < -0.4 is 9.62 Å². The van der Waals surface area contributed by atoms with Crippen LogP contribution in [0.1, 0.15) is 15.9 Å². The van der Waals surface area contributed by atoms with Crippen molar-refractivity contribution in [1.29, 1.82) is 0 Å². The molecule has 0 aliphatic rings. The number of aryl methyl sites for hydroxylation is 1. The summed E-state index contributed by atoms with van der Waals surface area (Å²) in [5.74, 6) is -0.807. The molecule has 3 aromatic carbocycles. The fraction of sp³-hybridized carbons (Fsp3) is 0.167. The van der Waals surface area contributed by atoms with Gasteiger partial charge in [-0.3, -0.25) is 13.9 Å². The summed E-state index contributed by atoms with van der Waals surface area (Å²) in [7, 11) is -0.908. The van der Waals surface area contributed by atoms with Crippen LogP contribution in [0.4, 0.5) is 11.4 Å². The Hall–Kier alpha value is -3.65. The van der Waals surface area contributed by atoms with Crippen LogP contribution in [-0.4, -0.2) is 45.8 Å². The quantitative estimate of drug-likeness (QED) is 0.595. The number of nitrogens with one attached hydrogen (secondary N) is 1. The minimum atomic E-state index is -3.87. The number of nitrogens with zero attached hydrogens (tertiary/aromatic N) is 2. The van der Waals surface area contributed by atoms with Gasteiger partial charge in [0, 0.05) is 25.3 Å². The Morgan fingerprint density at radius 2 is 1.53 bits per heavy atom. The molecule has 32 heavy (non-hydrogen) atoms. The van der Waals surface area contributed by atoms with Gasteiger partial charge >= 0.3 is 0 Å². The zero-order valence-electron chi connectivity index (χ0n) is 18.1. The van der Waals surface area contributed by atoms with Crippen LogP contribution in [-0.2, 0) is 14.8 Å². The highest BCUT2D eigenvalue weighted by molar-refractivity contribution is 7.92. The standard InChI is InChI=1S/C24H25N3O4S/c1-18-12-14-21(15-13-18)27(3)32(30,31)22-11-7-8-19(16-22)24(29)26(2)17-23(28)25-20-9-5-4-6-10-20/h4-16H,17H2,1-3H3,(H,25,28). The Kier molecular flexibility index (Phi) is 6.95. The van der Waals surface area contributed by atoms with Gasteiger partial charge < -0.3 is 10.2 Å². The van der Waals surface area contributed by atoms with E-state index in [1.54, 1.807) is 36.4 Å². The molecule has 0 saturated heterocycles. The molecule has 166 valence electrons. The molecule has 3 aromatic rings. The van der Waals surface area contributed by atoms with E-state index >= 15 is 0 Å². The Labute approximate surface area is 188 Å². The summed E-state index contributed by atoms with van der Waals surface area (Å²) in [5, 5.41) is 2.72. The molecule has 0 spiro atoms. The molecule has 2 amide bonds. The van der Waals surface area contributed by atoms with Crippen LogP contribution in [0, 0.1) is 6.92 Å². The minimum absolute atomic E-state index is 0.00596. The van der Waals surface area contributed by atoms with Crippen molar-refractivity contribution in [3.8, 4) is 0 Å². The third kappa shape index (κ3) is 5.33. The average Bonchev–Trinajstić information content (AvgIpc) is 2.79. The molecule has 0 unspecified atom stereocenters. The van der Waals surface area contributed by atoms with Crippen molar-refractivity contribution in [2.75, 3.05) is 30.3 Å². The van der Waals surface area contributed by atoms with E-state index in [1.165, 1.54) is 47.6 Å². The number of likely N-dealkylation sites (N-methyl/N-ethyl adjacent to an activating group) is 1. The molecule has 0 bridgehead atoms. The van der Waals surface area contributed by atoms with Crippen LogP contribution in [0.2, 0.25) is 0 Å². The Morgan fingerprint density at radius 1 is 0.875 bits per heavy atom. The predicted octanol–water partition coefficient (Wildman–Crippen LogP) is 3.53. The summed E-state index contributed by atoms with van der Waals surface area (Å²) in [6.45, 7) is 1.75. The minimum Gasteiger partial charge on any atom is -0.332 e. The maximum Gasteiger partial charge on any atom is 0.264 e. The fourth-order valence-electron chi connectivity index (χ4n) is 3.07. The SMILES string of the molecule is Cc1ccc(N(C)S(=O)(=O)c2cccc(C(=O)N(C)CC(=O)Nc3ccccc3)c2)cc1. The van der Waals surface area contributed by atoms with Gasteiger partial charge in [0.15, 0.2) is 0 Å². The summed E-state index contributed by atoms with van der Waals surface area (Å²) >= 11 is 0. The van der Waals surface area contributed by atoms with E-state index in [2.05, 4.69) is 5.32 Å². The monoisotopic (exact) mass is 451 g/mol. The first-order valence-electron chi connectivity index (χ1n) is 9.94. The molecule has 0 aliphatic carbocycles. The lowest BCUT2D eigenvalue weighted by atomic mass is 10.2. The zero-order chi connectivity index (χ0) is 23.3. The molecule has 3 rings (SSSR count). The van der Waals surface area contributed by atoms with Crippen molar-refractivity contribution in [2.45, 2.75) is 11.8 Å². The largest absolute Gasteiger partial charge is 0.332 e. The number of carbonyl (C=O) groups excluding carboxylic acids is 2. The number of amides is 2. The molecule has 8 heteroatoms. The van der Waals surface area contributed by atoms with E-state index in [-0.39, 0.29) is 22.9 Å². The lowest BCUT2D eigenvalue weighted by Gasteiger charge is -2.21. The van der Waals surface area contributed by atoms with Crippen molar-refractivity contribution < 1.29 is 18.0 Å². The maximum absolute atomic E-state index is 13.1. The lowest BCUT2D eigenvalue weighted by molar-refractivity contribution is -0.116. The molecule has 0 heterocycles. The third-order valence-corrected chi connectivity index (χ3v) is 6.70. The van der Waals surface area contributed by atoms with Gasteiger partial charge in [0.1, 0.15) is 0 Å². The van der Waals surface area contributed by atoms with E-state index in [4.69, 9.17) is 0 Å². The van der Waals surface area contributed by atoms with Crippen molar-refractivity contribution >= 4 is 33.2 Å². The first-order valence-corrected chi connectivity index (χ1v) is 11.4. The molecular weight excluding hydrogens is 426 g/mol. The number of anilines is 2. The molecule has 0 aromatic heterocycles. The second kappa shape index (κ2) is 9.65. The average molecular weight is 452 g/mol. The van der Waals surface area contributed by atoms with E-state index in [0.717, 1.165) is 5.56 Å². The van der Waals surface area contributed by atoms with E-state index < -0.39 is 15.9 Å². The first-order chi connectivity index (χ1) is 15.2. The highest BCUT2D eigenvalue weighted by atomic mass is 32.2. The smallest absolute Gasteiger partial charge is 0.264 e. The number of rotatable bonds is 7. The molecule has 0 saturated carbocycles. The van der Waals surface area contributed by atoms with Gasteiger partial charge in [0.2, 0.25) is 5.91 Å². The second-order valence-corrected chi connectivity index (χ2v) is 9.38. The van der Waals surface area contributed by atoms with Crippen LogP contribution in [0.5, 0.6) is 0 Å². The lowest BCUT2D eigenvalue weighted by Crippen LogP contribution is -2.35. The number of benzene rings is 3. The molecule has 0 radical (unpaired) electrons. The zero-order valence-corrected chi connectivity index (χ0v) is 19.0. The molecule has 7 nitrogen and oxygen atoms in total. The topological polar surface area (TPSA) is 86.8 Å². The highest BCUT2D eigenvalue weighted by Crippen LogP contribution is 2.23. The Balaban J connectivity index is 1.74. The molecule has 1 N–H and O–H groups in total. The third-order valence-electron chi connectivity index (χ3n) is 4.92. The van der Waals surface area contributed by atoms with E-state index in [0.29, 0.717) is 11.4 Å². The van der Waals surface area contributed by atoms with Crippen LogP contribution in [0.25, 0.3) is 0 Å². The molecule has 0 fully saturated rings. The Morgan fingerprint density at radius 3 is 2.19 bits per heavy atom. The number of para-hydroxylation sites is 1. The number of hydrogen-bond donors (Lipinski definition) is 1. The fourth-order valence-corrected chi connectivity index (χ4v) is 4.31. The number of carbonyl (C=O) groups is 2. The number of hydrogen-bond acceptors (Lipinski definition) is 4. The van der Waals surface area contributed by atoms with Crippen molar-refractivity contribution in [1.82, 2.24) is 4.90 Å². The van der Waals surface area contributed by atoms with Gasteiger partial charge in [-0.05, 0) is 49.4 Å². The van der Waals surface area contributed by atoms with Gasteiger partial charge in [0.25, 0.3) is 15.9 Å². The molecular formula is C24H25N3O4S. The molecule has 0 aliphatic heterocycles. The van der Waals surface area contributed by atoms with Gasteiger partial charge in [-0.15, -0.1) is 0 Å². The summed E-state index contributed by atoms with van der Waals surface area (Å²) in [4.78, 5) is 26.3. The summed E-state index contributed by atoms with van der Waals surface area (Å²) in [5.41, 5.74) is 2.34.